The number of ether oxygens (including phenoxy) is 1. The van der Waals surface area contributed by atoms with Crippen molar-refractivity contribution in [2.24, 2.45) is 0 Å². The van der Waals surface area contributed by atoms with E-state index in [-0.39, 0.29) is 17.2 Å². The first-order chi connectivity index (χ1) is 15.1. The molecule has 2 amide bonds. The maximum absolute atomic E-state index is 12.7. The minimum absolute atomic E-state index is 0.145. The molecule has 0 radical (unpaired) electrons. The summed E-state index contributed by atoms with van der Waals surface area (Å²) in [5.74, 6) is -5.31. The highest BCUT2D eigenvalue weighted by molar-refractivity contribution is 7.91. The number of fused-ring (bicyclic) bond motifs is 1. The number of alkyl halides is 2. The van der Waals surface area contributed by atoms with Crippen LogP contribution in [0.3, 0.4) is 0 Å². The zero-order valence-corrected chi connectivity index (χ0v) is 18.6. The molecule has 8 nitrogen and oxygen atoms in total. The Balaban J connectivity index is 1.65. The molecule has 0 atom stereocenters. The van der Waals surface area contributed by atoms with Gasteiger partial charge in [0.2, 0.25) is 15.7 Å². The van der Waals surface area contributed by atoms with Gasteiger partial charge in [-0.2, -0.15) is 8.78 Å². The lowest BCUT2D eigenvalue weighted by molar-refractivity contribution is -0.119. The van der Waals surface area contributed by atoms with Crippen molar-refractivity contribution in [3.05, 3.63) is 40.3 Å². The Morgan fingerprint density at radius 1 is 1.09 bits per heavy atom. The van der Waals surface area contributed by atoms with Gasteiger partial charge in [-0.3, -0.25) is 9.59 Å². The van der Waals surface area contributed by atoms with Crippen LogP contribution >= 0.6 is 11.3 Å². The van der Waals surface area contributed by atoms with Crippen LogP contribution < -0.4 is 10.6 Å². The van der Waals surface area contributed by atoms with Crippen molar-refractivity contribution in [2.45, 2.75) is 43.3 Å². The van der Waals surface area contributed by atoms with Crippen LogP contribution in [-0.4, -0.2) is 38.6 Å². The number of rotatable bonds is 7. The molecular formula is C20H20F2N2O6S2. The van der Waals surface area contributed by atoms with E-state index in [0.29, 0.717) is 11.4 Å². The second-order valence-corrected chi connectivity index (χ2v) is 10.1. The van der Waals surface area contributed by atoms with Gasteiger partial charge in [-0.25, -0.2) is 13.2 Å². The summed E-state index contributed by atoms with van der Waals surface area (Å²) < 4.78 is 53.1. The van der Waals surface area contributed by atoms with E-state index < -0.39 is 39.0 Å². The molecule has 0 saturated carbocycles. The van der Waals surface area contributed by atoms with Crippen LogP contribution in [0.4, 0.5) is 19.5 Å². The number of amides is 2. The third-order valence-electron chi connectivity index (χ3n) is 4.70. The van der Waals surface area contributed by atoms with E-state index in [9.17, 15) is 31.6 Å². The molecule has 12 heteroatoms. The number of hydrogen-bond donors (Lipinski definition) is 2. The number of carbonyl (C=O) groups excluding carboxylic acids is 3. The standard InChI is InChI=1S/C20H20F2N2O6S2/c1-11(25)23-18-17(14-4-2-3-5-15(14)31-18)19(27)30-10-16(26)24-12-6-8-13(9-7-12)32(28,29)20(21)22/h6-9,20H,2-5,10H2,1H3,(H,23,25)(H,24,26). The molecule has 0 bridgehead atoms. The molecule has 0 fully saturated rings. The summed E-state index contributed by atoms with van der Waals surface area (Å²) >= 11 is 1.32. The van der Waals surface area contributed by atoms with E-state index in [2.05, 4.69) is 10.6 Å². The van der Waals surface area contributed by atoms with Crippen molar-refractivity contribution < 1.29 is 36.3 Å². The van der Waals surface area contributed by atoms with Crippen LogP contribution in [0.2, 0.25) is 0 Å². The lowest BCUT2D eigenvalue weighted by atomic mass is 9.95. The molecule has 0 unspecified atom stereocenters. The molecule has 2 aromatic rings. The highest BCUT2D eigenvalue weighted by Crippen LogP contribution is 2.38. The van der Waals surface area contributed by atoms with Gasteiger partial charge in [0.25, 0.3) is 5.91 Å². The summed E-state index contributed by atoms with van der Waals surface area (Å²) in [4.78, 5) is 36.7. The third-order valence-corrected chi connectivity index (χ3v) is 7.31. The lowest BCUT2D eigenvalue weighted by Gasteiger charge is -2.13. The van der Waals surface area contributed by atoms with E-state index in [1.807, 2.05) is 0 Å². The number of carbonyl (C=O) groups is 3. The van der Waals surface area contributed by atoms with E-state index in [1.165, 1.54) is 18.3 Å². The van der Waals surface area contributed by atoms with Crippen molar-refractivity contribution in [3.8, 4) is 0 Å². The van der Waals surface area contributed by atoms with Crippen LogP contribution in [0.1, 0.15) is 40.6 Å². The molecule has 0 aliphatic heterocycles. The fourth-order valence-electron chi connectivity index (χ4n) is 3.26. The largest absolute Gasteiger partial charge is 0.452 e. The van der Waals surface area contributed by atoms with Gasteiger partial charge >= 0.3 is 11.7 Å². The molecule has 32 heavy (non-hydrogen) atoms. The number of thiophene rings is 1. The molecule has 1 aromatic carbocycles. The number of sulfone groups is 1. The smallest absolute Gasteiger partial charge is 0.341 e. The minimum Gasteiger partial charge on any atom is -0.452 e. The van der Waals surface area contributed by atoms with Crippen LogP contribution in [0.5, 0.6) is 0 Å². The van der Waals surface area contributed by atoms with E-state index in [0.717, 1.165) is 54.0 Å². The average Bonchev–Trinajstić information content (AvgIpc) is 3.09. The second-order valence-electron chi connectivity index (χ2n) is 7.05. The van der Waals surface area contributed by atoms with Gasteiger partial charge in [-0.05, 0) is 55.5 Å². The van der Waals surface area contributed by atoms with Crippen LogP contribution in [0, 0.1) is 0 Å². The third kappa shape index (κ3) is 5.30. The Kier molecular flexibility index (Phi) is 7.24. The number of halogens is 2. The Bertz CT molecular complexity index is 1140. The van der Waals surface area contributed by atoms with Crippen LogP contribution in [0.15, 0.2) is 29.2 Å². The second kappa shape index (κ2) is 9.74. The fraction of sp³-hybridized carbons (Fsp3) is 0.350. The van der Waals surface area contributed by atoms with E-state index in [4.69, 9.17) is 4.74 Å². The summed E-state index contributed by atoms with van der Waals surface area (Å²) in [6.07, 6.45) is 3.37. The first kappa shape index (κ1) is 23.8. The molecular weight excluding hydrogens is 466 g/mol. The Morgan fingerprint density at radius 2 is 1.75 bits per heavy atom. The average molecular weight is 487 g/mol. The summed E-state index contributed by atoms with van der Waals surface area (Å²) in [6, 6.07) is 4.19. The van der Waals surface area contributed by atoms with Gasteiger partial charge in [-0.1, -0.05) is 0 Å². The maximum Gasteiger partial charge on any atom is 0.341 e. The maximum atomic E-state index is 12.7. The SMILES string of the molecule is CC(=O)Nc1sc2c(c1C(=O)OCC(=O)Nc1ccc(S(=O)(=O)C(F)F)cc1)CCCC2. The number of hydrogen-bond acceptors (Lipinski definition) is 7. The van der Waals surface area contributed by atoms with Crippen molar-refractivity contribution in [1.29, 1.82) is 0 Å². The topological polar surface area (TPSA) is 119 Å². The highest BCUT2D eigenvalue weighted by Gasteiger charge is 2.28. The summed E-state index contributed by atoms with van der Waals surface area (Å²) in [5, 5.41) is 5.43. The molecule has 1 heterocycles. The summed E-state index contributed by atoms with van der Waals surface area (Å²) in [5.41, 5.74) is 1.23. The molecule has 0 saturated heterocycles. The summed E-state index contributed by atoms with van der Waals surface area (Å²) in [6.45, 7) is 0.707. The normalized spacial score (nSPS) is 13.4. The van der Waals surface area contributed by atoms with Crippen molar-refractivity contribution >= 4 is 49.6 Å². The van der Waals surface area contributed by atoms with Crippen molar-refractivity contribution in [1.82, 2.24) is 0 Å². The summed E-state index contributed by atoms with van der Waals surface area (Å²) in [7, 11) is -4.73. The minimum atomic E-state index is -4.73. The number of esters is 1. The van der Waals surface area contributed by atoms with Crippen LogP contribution in [-0.2, 0) is 37.0 Å². The number of nitrogens with one attached hydrogen (secondary N) is 2. The number of benzene rings is 1. The Hall–Kier alpha value is -2.86. The molecule has 1 aliphatic rings. The highest BCUT2D eigenvalue weighted by atomic mass is 32.2. The lowest BCUT2D eigenvalue weighted by Crippen LogP contribution is -2.22. The van der Waals surface area contributed by atoms with Gasteiger partial charge in [0.15, 0.2) is 6.61 Å². The first-order valence-corrected chi connectivity index (χ1v) is 12.0. The predicted molar refractivity (Wildman–Crippen MR) is 114 cm³/mol. The van der Waals surface area contributed by atoms with Gasteiger partial charge in [-0.15, -0.1) is 11.3 Å². The quantitative estimate of drug-likeness (QED) is 0.580. The zero-order chi connectivity index (χ0) is 23.5. The van der Waals surface area contributed by atoms with E-state index >= 15 is 0 Å². The van der Waals surface area contributed by atoms with Crippen molar-refractivity contribution in [3.63, 3.8) is 0 Å². The zero-order valence-electron chi connectivity index (χ0n) is 16.9. The van der Waals surface area contributed by atoms with Crippen molar-refractivity contribution in [2.75, 3.05) is 17.2 Å². The van der Waals surface area contributed by atoms with Gasteiger partial charge in [0.05, 0.1) is 10.5 Å². The van der Waals surface area contributed by atoms with Gasteiger partial charge < -0.3 is 15.4 Å². The monoisotopic (exact) mass is 486 g/mol. The van der Waals surface area contributed by atoms with Gasteiger partial charge in [0, 0.05) is 17.5 Å². The number of aryl methyl sites for hydroxylation is 1. The van der Waals surface area contributed by atoms with Crippen LogP contribution in [0.25, 0.3) is 0 Å². The Morgan fingerprint density at radius 3 is 2.38 bits per heavy atom. The molecule has 1 aliphatic carbocycles. The number of anilines is 2. The molecule has 3 rings (SSSR count). The molecule has 2 N–H and O–H groups in total. The van der Waals surface area contributed by atoms with E-state index in [1.54, 1.807) is 0 Å². The predicted octanol–water partition coefficient (Wildman–Crippen LogP) is 3.38. The fourth-order valence-corrected chi connectivity index (χ4v) is 5.31. The Labute approximate surface area is 186 Å². The molecule has 0 spiro atoms. The first-order valence-electron chi connectivity index (χ1n) is 9.61. The molecule has 1 aromatic heterocycles. The van der Waals surface area contributed by atoms with Gasteiger partial charge in [0.1, 0.15) is 5.00 Å². The molecule has 172 valence electrons.